The highest BCUT2D eigenvalue weighted by Crippen LogP contribution is 2.30. The molecule has 7 nitrogen and oxygen atoms in total. The number of ether oxygens (including phenoxy) is 1. The Balaban J connectivity index is 1.37. The summed E-state index contributed by atoms with van der Waals surface area (Å²) in [5.74, 6) is -1.02. The number of benzene rings is 2. The average Bonchev–Trinajstić information content (AvgIpc) is 3.51. The molecule has 0 saturated heterocycles. The van der Waals surface area contributed by atoms with Gasteiger partial charge in [0.15, 0.2) is 12.3 Å². The van der Waals surface area contributed by atoms with Crippen LogP contribution in [-0.2, 0) is 16.6 Å². The standard InChI is InChI=1S/C27H22N4O3S/c1-17-25-20(15-22(23-13-8-14-35-23)29-26(25)31(2)30-17)27(33)34-16-24(32)28-21-12-7-6-11-19(21)18-9-4-3-5-10-18/h3-15H,16H2,1-2H3,(H,28,32). The van der Waals surface area contributed by atoms with Crippen molar-refractivity contribution in [3.8, 4) is 21.7 Å². The Labute approximate surface area is 206 Å². The van der Waals surface area contributed by atoms with Gasteiger partial charge in [-0.15, -0.1) is 11.3 Å². The van der Waals surface area contributed by atoms with Gasteiger partial charge in [0.2, 0.25) is 0 Å². The zero-order valence-electron chi connectivity index (χ0n) is 19.2. The molecule has 0 saturated carbocycles. The second kappa shape index (κ2) is 9.52. The lowest BCUT2D eigenvalue weighted by molar-refractivity contribution is -0.119. The Kier molecular flexibility index (Phi) is 6.12. The van der Waals surface area contributed by atoms with Gasteiger partial charge in [-0.25, -0.2) is 9.78 Å². The number of thiophene rings is 1. The maximum absolute atomic E-state index is 13.1. The Morgan fingerprint density at radius 3 is 2.57 bits per heavy atom. The summed E-state index contributed by atoms with van der Waals surface area (Å²) in [5, 5.41) is 9.84. The molecule has 0 radical (unpaired) electrons. The number of anilines is 1. The molecule has 3 aromatic heterocycles. The van der Waals surface area contributed by atoms with Crippen molar-refractivity contribution in [3.05, 3.63) is 89.4 Å². The molecule has 5 rings (SSSR count). The van der Waals surface area contributed by atoms with Crippen LogP contribution in [0.3, 0.4) is 0 Å². The minimum atomic E-state index is -0.599. The summed E-state index contributed by atoms with van der Waals surface area (Å²) < 4.78 is 7.08. The lowest BCUT2D eigenvalue weighted by atomic mass is 10.0. The lowest BCUT2D eigenvalue weighted by Gasteiger charge is -2.12. The van der Waals surface area contributed by atoms with E-state index in [1.54, 1.807) is 17.8 Å². The van der Waals surface area contributed by atoms with Crippen LogP contribution in [0.15, 0.2) is 78.2 Å². The van der Waals surface area contributed by atoms with E-state index in [1.165, 1.54) is 11.3 Å². The molecule has 2 aromatic carbocycles. The number of nitrogens with one attached hydrogen (secondary N) is 1. The van der Waals surface area contributed by atoms with Gasteiger partial charge in [-0.3, -0.25) is 9.48 Å². The van der Waals surface area contributed by atoms with E-state index in [2.05, 4.69) is 10.4 Å². The van der Waals surface area contributed by atoms with E-state index in [0.29, 0.717) is 33.7 Å². The first-order valence-electron chi connectivity index (χ1n) is 11.0. The van der Waals surface area contributed by atoms with Crippen LogP contribution >= 0.6 is 11.3 Å². The fraction of sp³-hybridized carbons (Fsp3) is 0.111. The molecule has 0 aliphatic rings. The topological polar surface area (TPSA) is 86.1 Å². The van der Waals surface area contributed by atoms with Gasteiger partial charge in [-0.05, 0) is 36.1 Å². The molecule has 0 aliphatic carbocycles. The number of aromatic nitrogens is 3. The van der Waals surface area contributed by atoms with Crippen molar-refractivity contribution < 1.29 is 14.3 Å². The Bertz CT molecular complexity index is 1530. The summed E-state index contributed by atoms with van der Waals surface area (Å²) in [5.41, 5.74) is 4.75. The normalized spacial score (nSPS) is 10.9. The molecule has 0 unspecified atom stereocenters. The number of nitrogens with zero attached hydrogens (tertiary/aromatic N) is 3. The Morgan fingerprint density at radius 2 is 1.80 bits per heavy atom. The van der Waals surface area contributed by atoms with Crippen LogP contribution in [0.1, 0.15) is 16.1 Å². The minimum absolute atomic E-state index is 0.335. The first kappa shape index (κ1) is 22.5. The summed E-state index contributed by atoms with van der Waals surface area (Å²) in [6.45, 7) is 1.40. The SMILES string of the molecule is Cc1nn(C)c2nc(-c3cccs3)cc(C(=O)OCC(=O)Nc3ccccc3-c3ccccc3)c12. The summed E-state index contributed by atoms with van der Waals surface area (Å²) >= 11 is 1.53. The number of carbonyl (C=O) groups excluding carboxylic acids is 2. The zero-order valence-corrected chi connectivity index (χ0v) is 20.0. The van der Waals surface area contributed by atoms with E-state index in [0.717, 1.165) is 16.0 Å². The van der Waals surface area contributed by atoms with Gasteiger partial charge in [-0.2, -0.15) is 5.10 Å². The molecule has 0 fully saturated rings. The second-order valence-electron chi connectivity index (χ2n) is 7.98. The van der Waals surface area contributed by atoms with E-state index in [1.807, 2.05) is 79.0 Å². The quantitative estimate of drug-likeness (QED) is 0.325. The maximum Gasteiger partial charge on any atom is 0.339 e. The number of aryl methyl sites for hydroxylation is 2. The van der Waals surface area contributed by atoms with Crippen molar-refractivity contribution in [1.29, 1.82) is 0 Å². The molecule has 0 bridgehead atoms. The molecule has 1 amide bonds. The second-order valence-corrected chi connectivity index (χ2v) is 8.92. The fourth-order valence-corrected chi connectivity index (χ4v) is 4.70. The Morgan fingerprint density at radius 1 is 1.03 bits per heavy atom. The van der Waals surface area contributed by atoms with Crippen molar-refractivity contribution in [2.24, 2.45) is 7.05 Å². The number of carbonyl (C=O) groups is 2. The van der Waals surface area contributed by atoms with Gasteiger partial charge >= 0.3 is 5.97 Å². The van der Waals surface area contributed by atoms with E-state index in [9.17, 15) is 9.59 Å². The zero-order chi connectivity index (χ0) is 24.4. The molecule has 1 N–H and O–H groups in total. The first-order valence-corrected chi connectivity index (χ1v) is 11.9. The molecule has 0 aliphatic heterocycles. The molecular weight excluding hydrogens is 460 g/mol. The van der Waals surface area contributed by atoms with Crippen LogP contribution in [0.5, 0.6) is 0 Å². The number of esters is 1. The molecule has 8 heteroatoms. The van der Waals surface area contributed by atoms with Crippen molar-refractivity contribution >= 4 is 39.9 Å². The number of fused-ring (bicyclic) bond motifs is 1. The minimum Gasteiger partial charge on any atom is -0.452 e. The van der Waals surface area contributed by atoms with Crippen LogP contribution in [0, 0.1) is 6.92 Å². The largest absolute Gasteiger partial charge is 0.452 e. The highest BCUT2D eigenvalue weighted by Gasteiger charge is 2.21. The van der Waals surface area contributed by atoms with Crippen LogP contribution < -0.4 is 5.32 Å². The van der Waals surface area contributed by atoms with E-state index >= 15 is 0 Å². The predicted molar refractivity (Wildman–Crippen MR) is 137 cm³/mol. The highest BCUT2D eigenvalue weighted by molar-refractivity contribution is 7.13. The highest BCUT2D eigenvalue weighted by atomic mass is 32.1. The van der Waals surface area contributed by atoms with Crippen LogP contribution in [0.25, 0.3) is 32.7 Å². The molecule has 0 atom stereocenters. The van der Waals surface area contributed by atoms with E-state index in [-0.39, 0.29) is 0 Å². The van der Waals surface area contributed by atoms with E-state index < -0.39 is 18.5 Å². The molecule has 3 heterocycles. The number of hydrogen-bond acceptors (Lipinski definition) is 6. The van der Waals surface area contributed by atoms with Gasteiger partial charge in [-0.1, -0.05) is 54.6 Å². The van der Waals surface area contributed by atoms with Gasteiger partial charge in [0.1, 0.15) is 0 Å². The molecule has 35 heavy (non-hydrogen) atoms. The van der Waals surface area contributed by atoms with Crippen LogP contribution in [-0.4, -0.2) is 33.2 Å². The lowest BCUT2D eigenvalue weighted by Crippen LogP contribution is -2.21. The summed E-state index contributed by atoms with van der Waals surface area (Å²) in [4.78, 5) is 31.4. The predicted octanol–water partition coefficient (Wildman–Crippen LogP) is 5.47. The number of rotatable bonds is 6. The summed E-state index contributed by atoms with van der Waals surface area (Å²) in [6.07, 6.45) is 0. The van der Waals surface area contributed by atoms with Crippen LogP contribution in [0.4, 0.5) is 5.69 Å². The van der Waals surface area contributed by atoms with E-state index in [4.69, 9.17) is 9.72 Å². The summed E-state index contributed by atoms with van der Waals surface area (Å²) in [7, 11) is 1.78. The van der Waals surface area contributed by atoms with Gasteiger partial charge in [0.25, 0.3) is 5.91 Å². The molecular formula is C27H22N4O3S. The molecule has 5 aromatic rings. The first-order chi connectivity index (χ1) is 17.0. The molecule has 174 valence electrons. The number of hydrogen-bond donors (Lipinski definition) is 1. The summed E-state index contributed by atoms with van der Waals surface area (Å²) in [6, 6.07) is 22.8. The average molecular weight is 483 g/mol. The van der Waals surface area contributed by atoms with Gasteiger partial charge in [0, 0.05) is 18.3 Å². The third-order valence-electron chi connectivity index (χ3n) is 5.58. The number of para-hydroxylation sites is 1. The third-order valence-corrected chi connectivity index (χ3v) is 6.47. The van der Waals surface area contributed by atoms with Crippen molar-refractivity contribution in [1.82, 2.24) is 14.8 Å². The maximum atomic E-state index is 13.1. The monoisotopic (exact) mass is 482 g/mol. The number of pyridine rings is 1. The van der Waals surface area contributed by atoms with Gasteiger partial charge in [0.05, 0.1) is 27.2 Å². The van der Waals surface area contributed by atoms with Crippen LogP contribution in [0.2, 0.25) is 0 Å². The van der Waals surface area contributed by atoms with Gasteiger partial charge < -0.3 is 10.1 Å². The van der Waals surface area contributed by atoms with Crippen molar-refractivity contribution in [2.75, 3.05) is 11.9 Å². The third kappa shape index (κ3) is 4.56. The van der Waals surface area contributed by atoms with Crippen molar-refractivity contribution in [2.45, 2.75) is 6.92 Å². The number of amides is 1. The Hall–Kier alpha value is -4.30. The molecule has 0 spiro atoms. The fourth-order valence-electron chi connectivity index (χ4n) is 4.01. The smallest absolute Gasteiger partial charge is 0.339 e. The van der Waals surface area contributed by atoms with Crippen molar-refractivity contribution in [3.63, 3.8) is 0 Å².